The van der Waals surface area contributed by atoms with E-state index in [2.05, 4.69) is 42.5 Å². The van der Waals surface area contributed by atoms with E-state index in [0.29, 0.717) is 49.9 Å². The lowest BCUT2D eigenvalue weighted by atomic mass is 9.51. The molecule has 15 bridgehead atoms. The lowest BCUT2D eigenvalue weighted by molar-refractivity contribution is -0.333. The number of nitrogens with two attached hydrogens (primary N) is 1. The first-order valence-corrected chi connectivity index (χ1v) is 45.8. The minimum atomic E-state index is -2.29. The number of urea groups is 1. The van der Waals surface area contributed by atoms with E-state index < -0.39 is 228 Å². The van der Waals surface area contributed by atoms with Gasteiger partial charge in [-0.05, 0) is 229 Å². The number of nitrogens with one attached hydrogen (secondary N) is 8. The molecule has 0 spiro atoms. The number of Topliss-reactive ketones (excluding diaryl/α,β-unsaturated/α-hetero) is 3. The van der Waals surface area contributed by atoms with Crippen molar-refractivity contribution in [2.24, 2.45) is 53.1 Å². The summed E-state index contributed by atoms with van der Waals surface area (Å²) in [6.07, 6.45) is -14.8. The summed E-state index contributed by atoms with van der Waals surface area (Å²) >= 11 is 14.6. The lowest BCUT2D eigenvalue weighted by Crippen LogP contribution is -2.64. The van der Waals surface area contributed by atoms with Gasteiger partial charge in [0, 0.05) is 66.8 Å². The number of aliphatic hydroxyl groups is 6. The molecule has 7 heterocycles. The molecule has 712 valence electrons. The van der Waals surface area contributed by atoms with Crippen LogP contribution in [0, 0.1) is 47.3 Å². The monoisotopic (exact) mass is 1870 g/mol. The van der Waals surface area contributed by atoms with Gasteiger partial charge < -0.3 is 127 Å². The van der Waals surface area contributed by atoms with Crippen molar-refractivity contribution >= 4 is 81.8 Å². The first kappa shape index (κ1) is 97.7. The summed E-state index contributed by atoms with van der Waals surface area (Å²) in [6.45, 7) is 9.16. The van der Waals surface area contributed by atoms with E-state index in [0.717, 1.165) is 68.5 Å². The number of carbonyl (C=O) groups excluding carboxylic acids is 9. The number of anilines is 1. The normalized spacial score (nSPS) is 29.5. The molecule has 7 aliphatic heterocycles. The van der Waals surface area contributed by atoms with E-state index >= 15 is 33.6 Å². The average Bonchev–Trinajstić information content (AvgIpc) is 0.919. The van der Waals surface area contributed by atoms with E-state index in [4.69, 9.17) is 66.8 Å². The van der Waals surface area contributed by atoms with Crippen LogP contribution in [0.5, 0.6) is 57.5 Å². The molecular formula is C95H117Cl2N9O26. The largest absolute Gasteiger partial charge is 0.508 e. The maximum absolute atomic E-state index is 16.9. The number of imide groups is 1. The number of ether oxygens (including phenoxy) is 8. The van der Waals surface area contributed by atoms with Crippen LogP contribution in [-0.4, -0.2) is 213 Å². The highest BCUT2D eigenvalue weighted by molar-refractivity contribution is 6.32. The van der Waals surface area contributed by atoms with Gasteiger partial charge >= 0.3 is 6.03 Å². The van der Waals surface area contributed by atoms with Crippen LogP contribution in [0.4, 0.5) is 10.5 Å². The number of hydrogen-bond acceptors (Lipinski definition) is 29. The van der Waals surface area contributed by atoms with Gasteiger partial charge in [0.1, 0.15) is 94.9 Å². The quantitative estimate of drug-likeness (QED) is 0.0227. The molecule has 6 aromatic rings. The van der Waals surface area contributed by atoms with Gasteiger partial charge in [-0.3, -0.25) is 43.7 Å². The van der Waals surface area contributed by atoms with Gasteiger partial charge in [0.05, 0.1) is 59.6 Å². The molecule has 11 aliphatic rings. The number of benzene rings is 6. The number of aromatic hydroxyl groups is 3. The summed E-state index contributed by atoms with van der Waals surface area (Å²) in [4.78, 5) is 141. The van der Waals surface area contributed by atoms with E-state index in [9.17, 15) is 55.5 Å². The van der Waals surface area contributed by atoms with E-state index in [1.54, 1.807) is 33.2 Å². The van der Waals surface area contributed by atoms with Gasteiger partial charge in [0.25, 0.3) is 0 Å². The van der Waals surface area contributed by atoms with Crippen LogP contribution in [0.25, 0.3) is 11.1 Å². The molecule has 19 N–H and O–H groups in total. The molecule has 7 amide bonds. The maximum atomic E-state index is 16.9. The number of phenols is 3. The number of hydrogen-bond donors (Lipinski definition) is 18. The predicted molar refractivity (Wildman–Crippen MR) is 478 cm³/mol. The number of aliphatic hydroxyl groups excluding tert-OH is 6. The van der Waals surface area contributed by atoms with Crippen molar-refractivity contribution in [3.8, 4) is 68.6 Å². The van der Waals surface area contributed by atoms with Crippen LogP contribution in [0.3, 0.4) is 0 Å². The number of ketones is 3. The minimum Gasteiger partial charge on any atom is -0.508 e. The molecule has 17 rings (SSSR count). The second-order valence-corrected chi connectivity index (χ2v) is 37.6. The molecule has 0 aromatic heterocycles. The number of halogens is 2. The number of phenolic OH excluding ortho intramolecular Hbond substituents is 3. The van der Waals surface area contributed by atoms with Crippen molar-refractivity contribution in [3.05, 3.63) is 135 Å². The minimum absolute atomic E-state index is 0.0348. The summed E-state index contributed by atoms with van der Waals surface area (Å²) in [6, 6.07) is 10.4. The van der Waals surface area contributed by atoms with Gasteiger partial charge in [0.15, 0.2) is 41.2 Å². The Morgan fingerprint density at radius 2 is 1.32 bits per heavy atom. The maximum Gasteiger partial charge on any atom is 0.325 e. The molecule has 35 nitrogen and oxygen atoms in total. The van der Waals surface area contributed by atoms with Gasteiger partial charge in [0.2, 0.25) is 41.6 Å². The number of amides is 7. The first-order valence-electron chi connectivity index (χ1n) is 45.0. The molecule has 18 atom stereocenters. The van der Waals surface area contributed by atoms with E-state index in [1.807, 2.05) is 13.8 Å². The molecule has 6 fully saturated rings. The Hall–Kier alpha value is -10.4. The van der Waals surface area contributed by atoms with Crippen molar-refractivity contribution in [3.63, 3.8) is 0 Å². The molecule has 2 saturated heterocycles. The molecule has 6 aromatic carbocycles. The Labute approximate surface area is 772 Å². The highest BCUT2D eigenvalue weighted by atomic mass is 35.5. The Balaban J connectivity index is 0.952. The van der Waals surface area contributed by atoms with Gasteiger partial charge in [-0.2, -0.15) is 0 Å². The fourth-order valence-corrected chi connectivity index (χ4v) is 20.5. The van der Waals surface area contributed by atoms with Gasteiger partial charge in [-0.15, -0.1) is 0 Å². The SMILES string of the molecule is CC[C@H](CC(C)C)C(=O)N[C@H]1C(=O)C[C@@H](CC(=O)NC(=O)Nc2cc(OCCCNC)ccc2OCCCNC)C(=O)N[C@H]2C(=O)C[C@H]3C(=O)N[C@H](C(=O)N[C@H](C(=O)CC4C5CC6CC(C5)CC4C6)c4cc(O)cc(O)c4-c4cc3ccc4O)[C@H](O)c3ccc(c(Cl)c3)Oc3cc2cc(c3O[C@@H]2O[C@H](CO)[C@@H](O)[C@H](O)[C@H]2O[C@H]2C[C@](C)(N)[C@H](O)[C@H](C)O2)Oc2ccc(cc2Cl)[C@H]1O. The second-order valence-electron chi connectivity index (χ2n) is 36.8. The predicted octanol–water partition coefficient (Wildman–Crippen LogP) is 8.31. The van der Waals surface area contributed by atoms with Crippen LogP contribution >= 0.6 is 23.2 Å². The first-order chi connectivity index (χ1) is 63.0. The third-order valence-electron chi connectivity index (χ3n) is 26.7. The highest BCUT2D eigenvalue weighted by Crippen LogP contribution is 2.59. The smallest absolute Gasteiger partial charge is 0.325 e. The summed E-state index contributed by atoms with van der Waals surface area (Å²) in [5, 5.41) is 129. The average molecular weight is 1870 g/mol. The van der Waals surface area contributed by atoms with Crippen LogP contribution in [0.1, 0.15) is 183 Å². The fourth-order valence-electron chi connectivity index (χ4n) is 20.0. The third-order valence-corrected chi connectivity index (χ3v) is 27.2. The number of carbonyl (C=O) groups is 9. The van der Waals surface area contributed by atoms with E-state index in [1.165, 1.54) is 62.4 Å². The summed E-state index contributed by atoms with van der Waals surface area (Å²) in [5.41, 5.74) is 3.52. The molecule has 0 radical (unpaired) electrons. The Bertz CT molecular complexity index is 5270. The Morgan fingerprint density at radius 1 is 0.674 bits per heavy atom. The third kappa shape index (κ3) is 22.0. The molecule has 0 unspecified atom stereocenters. The fraction of sp³-hybridized carbons (Fsp3) is 0.526. The zero-order chi connectivity index (χ0) is 94.6. The Kier molecular flexibility index (Phi) is 31.1. The summed E-state index contributed by atoms with van der Waals surface area (Å²) < 4.78 is 51.5. The molecule has 37 heteroatoms. The standard InChI is InChI=1S/C95H117Cl2N9O26/c1-8-47(23-43(2)3)89(120)105-80-66(111)32-54(35-75(114)102-94(124)101-63-38-56(125-21-9-19-99-6)14-18-71(63)126-22-10-20-100-7)90(121)103-78-53-33-72(128-69-16-12-49(82(80)115)30-61(69)96)86(132-93-87(85(118)84(117)74(42-107)130-93)131-76-41-95(5,98)88(119)44(4)127-76)73(34-53)129-70-17-13-50(31-62(70)97)83(116)81-92(123)104-79(68(113)39-57-51-25-45-24-46(27-51)28-52(57)26-45)60-36-55(108)37-65(110)77(60)59-29-48(11-15-64(59)109)58(40-67(78)112)91(122)106-81/h11-18,29-31,33-34,36-38,43-47,51-52,54,57-58,74,76,78-85,87-88,93,99-100,107-110,115-119H,8-10,19-28,32,35,39-42,98H2,1-7H3,(H,103,121)(H,104,123)(H,105,120)(H,106,122)(H2,101,102,114,124)/t44-,45?,46?,47+,51?,52?,54-,57?,58+,74+,76-,78+,79-,80-,81-,82+,83+,84+,85-,87+,88+,93-,95-/m0/s1. The van der Waals surface area contributed by atoms with Crippen LogP contribution < -0.4 is 72.0 Å². The number of rotatable bonds is 26. The zero-order valence-corrected chi connectivity index (χ0v) is 75.8. The van der Waals surface area contributed by atoms with Crippen molar-refractivity contribution in [1.29, 1.82) is 0 Å². The molecule has 4 aliphatic carbocycles. The zero-order valence-electron chi connectivity index (χ0n) is 74.3. The van der Waals surface area contributed by atoms with E-state index in [-0.39, 0.29) is 123 Å². The highest BCUT2D eigenvalue weighted by Gasteiger charge is 2.53. The molecule has 4 saturated carbocycles. The number of fused-ring (bicyclic) bond motifs is 15. The van der Waals surface area contributed by atoms with Crippen LogP contribution in [0.2, 0.25) is 10.0 Å². The second kappa shape index (κ2) is 42.1. The van der Waals surface area contributed by atoms with Gasteiger partial charge in [-0.1, -0.05) is 62.2 Å². The summed E-state index contributed by atoms with van der Waals surface area (Å²) in [5.74, 6) is -16.2. The van der Waals surface area contributed by atoms with Gasteiger partial charge in [-0.25, -0.2) is 4.79 Å². The summed E-state index contributed by atoms with van der Waals surface area (Å²) in [7, 11) is 3.54. The van der Waals surface area contributed by atoms with Crippen LogP contribution in [-0.2, 0) is 52.6 Å². The van der Waals surface area contributed by atoms with Crippen molar-refractivity contribution in [1.82, 2.24) is 37.2 Å². The topological polar surface area (TPSA) is 532 Å². The van der Waals surface area contributed by atoms with Crippen molar-refractivity contribution < 1.29 is 127 Å². The molecular weight excluding hydrogens is 1750 g/mol. The van der Waals surface area contributed by atoms with Crippen molar-refractivity contribution in [2.75, 3.05) is 52.3 Å². The molecule has 132 heavy (non-hydrogen) atoms. The van der Waals surface area contributed by atoms with Crippen LogP contribution in [0.15, 0.2) is 97.1 Å². The lowest BCUT2D eigenvalue weighted by Gasteiger charge is -2.54. The Morgan fingerprint density at radius 3 is 1.94 bits per heavy atom. The van der Waals surface area contributed by atoms with Crippen molar-refractivity contribution in [2.45, 2.75) is 222 Å².